The Balaban J connectivity index is 0. The lowest BCUT2D eigenvalue weighted by molar-refractivity contribution is -0.145. The Morgan fingerprint density at radius 3 is 1.13 bits per heavy atom. The van der Waals surface area contributed by atoms with Crippen LogP contribution in [0.4, 0.5) is 0 Å². The number of ether oxygens (including phenoxy) is 2. The van der Waals surface area contributed by atoms with Crippen LogP contribution in [0.2, 0.25) is 0 Å². The van der Waals surface area contributed by atoms with Gasteiger partial charge in [0.05, 0.1) is 9.49 Å². The van der Waals surface area contributed by atoms with Gasteiger partial charge < -0.3 is 40.5 Å². The highest BCUT2D eigenvalue weighted by Gasteiger charge is 2.28. The number of aromatic hydroxyl groups is 2. The van der Waals surface area contributed by atoms with E-state index in [0.29, 0.717) is 23.6 Å². The molecule has 4 atom stereocenters. The zero-order valence-electron chi connectivity index (χ0n) is 40.2. The van der Waals surface area contributed by atoms with E-state index < -0.39 is 24.1 Å². The molecule has 0 heterocycles. The summed E-state index contributed by atoms with van der Waals surface area (Å²) in [6.07, 6.45) is 2.71. The molecule has 0 fully saturated rings. The van der Waals surface area contributed by atoms with E-state index in [4.69, 9.17) is 29.9 Å². The second kappa shape index (κ2) is 31.3. The number of ketones is 2. The molecule has 2 aliphatic carbocycles. The first-order valence-corrected chi connectivity index (χ1v) is 23.1. The van der Waals surface area contributed by atoms with Crippen molar-refractivity contribution in [2.75, 3.05) is 13.1 Å². The lowest BCUT2D eigenvalue weighted by Gasteiger charge is -2.20. The average molecular weight is 1040 g/mol. The Morgan fingerprint density at radius 1 is 0.574 bits per heavy atom. The van der Waals surface area contributed by atoms with E-state index in [1.165, 1.54) is 94.4 Å². The van der Waals surface area contributed by atoms with Gasteiger partial charge in [-0.2, -0.15) is 40.5 Å². The van der Waals surface area contributed by atoms with Gasteiger partial charge in [-0.1, -0.05) is 33.4 Å². The van der Waals surface area contributed by atoms with Gasteiger partial charge in [-0.25, -0.2) is 9.59 Å². The summed E-state index contributed by atoms with van der Waals surface area (Å²) < 4.78 is 9.36. The van der Waals surface area contributed by atoms with Crippen molar-refractivity contribution in [2.24, 2.45) is 0 Å². The molecule has 0 aliphatic heterocycles. The molecule has 0 bridgehead atoms. The van der Waals surface area contributed by atoms with Gasteiger partial charge in [0.1, 0.15) is 34.6 Å². The van der Waals surface area contributed by atoms with Crippen LogP contribution < -0.4 is 20.1 Å². The molecule has 0 saturated heterocycles. The molecule has 2 aliphatic rings. The van der Waals surface area contributed by atoms with E-state index in [-0.39, 0.29) is 80.5 Å². The van der Waals surface area contributed by atoms with Crippen molar-refractivity contribution in [3.8, 4) is 23.0 Å². The van der Waals surface area contributed by atoms with E-state index >= 15 is 0 Å². The normalized spacial score (nSPS) is 14.9. The summed E-state index contributed by atoms with van der Waals surface area (Å²) in [5, 5.41) is 41.9. The number of phenols is 2. The minimum Gasteiger partial charge on any atom is -0.508 e. The fourth-order valence-electron chi connectivity index (χ4n) is 6.47. The Hall–Kier alpha value is -3.97. The van der Waals surface area contributed by atoms with Gasteiger partial charge in [0.15, 0.2) is 12.2 Å². The van der Waals surface area contributed by atoms with Crippen molar-refractivity contribution in [1.29, 1.82) is 0 Å². The highest BCUT2D eigenvalue weighted by Crippen LogP contribution is 2.37. The summed E-state index contributed by atoms with van der Waals surface area (Å²) in [6.45, 7) is 20.6. The summed E-state index contributed by atoms with van der Waals surface area (Å²) >= 11 is 3.33. The Kier molecular flexibility index (Phi) is 30.4. The number of fused-ring (bicyclic) bond motifs is 2. The number of phenolic OH excluding ortho intramolecular Hbond substituents is 2. The smallest absolute Gasteiger partial charge is 0.344 e. The number of Topliss-reactive ketones (excluding diaryl/α,β-unsaturated/α-hetero) is 2. The zero-order valence-corrected chi connectivity index (χ0v) is 44.8. The van der Waals surface area contributed by atoms with Crippen LogP contribution in [0.25, 0.3) is 0 Å². The fourth-order valence-corrected chi connectivity index (χ4v) is 8.61. The lowest BCUT2D eigenvalue weighted by atomic mass is 10.1. The molecule has 12 nitrogen and oxygen atoms in total. The number of aliphatic carboxylic acids is 2. The number of thioether (sulfide) groups is 2. The number of carboxylic acid groups (broad SMARTS) is 2. The number of hydrogen-bond donors (Lipinski definition) is 6. The number of rotatable bonds is 16. The standard InChI is InChI=1S/2C16H23NOS.2C9H10O4.CH4.3H2S/c2*1-5-17-14-8-12-6-7-15(10-13(12)9-14)19-16(3,4)11(2)18;2*1-6(9(11)12)13-8-4-2-7(10)3-5-8;;;;/h2*6-7,10,14,17H,5,8-9H2,1-4H3;2*2-6,10H,1H3,(H,11,12);1H4;3*1H2/t14-;;2*6-;;;;/m0.00..../s1. The number of carbonyl (C=O) groups excluding carboxylic acids is 2. The van der Waals surface area contributed by atoms with Crippen molar-refractivity contribution in [3.63, 3.8) is 0 Å². The van der Waals surface area contributed by atoms with Gasteiger partial charge in [-0.05, 0) is 189 Å². The minimum atomic E-state index is -1.02. The van der Waals surface area contributed by atoms with Crippen molar-refractivity contribution >= 4 is 87.5 Å². The van der Waals surface area contributed by atoms with Gasteiger partial charge in [0.2, 0.25) is 0 Å². The second-order valence-electron chi connectivity index (χ2n) is 16.7. The monoisotopic (exact) mass is 1040 g/mol. The van der Waals surface area contributed by atoms with Crippen LogP contribution in [0.5, 0.6) is 23.0 Å². The molecule has 0 spiro atoms. The largest absolute Gasteiger partial charge is 0.508 e. The zero-order chi connectivity index (χ0) is 47.8. The van der Waals surface area contributed by atoms with Gasteiger partial charge in [-0.15, -0.1) is 23.5 Å². The molecule has 17 heteroatoms. The van der Waals surface area contributed by atoms with Crippen LogP contribution in [-0.4, -0.2) is 90.8 Å². The maximum atomic E-state index is 11.6. The van der Waals surface area contributed by atoms with Crippen LogP contribution in [0.3, 0.4) is 0 Å². The molecular formula is C51H76N2O10S5. The average Bonchev–Trinajstić information content (AvgIpc) is 3.82. The van der Waals surface area contributed by atoms with E-state index in [1.807, 2.05) is 27.7 Å². The van der Waals surface area contributed by atoms with Gasteiger partial charge >= 0.3 is 11.9 Å². The predicted octanol–water partition coefficient (Wildman–Crippen LogP) is 9.91. The van der Waals surface area contributed by atoms with Crippen LogP contribution >= 0.6 is 64.0 Å². The molecule has 1 unspecified atom stereocenters. The molecule has 0 aromatic heterocycles. The van der Waals surface area contributed by atoms with Gasteiger partial charge in [-0.3, -0.25) is 9.59 Å². The summed E-state index contributed by atoms with van der Waals surface area (Å²) in [5.74, 6) is -0.501. The number of nitrogens with one attached hydrogen (secondary N) is 2. The number of likely N-dealkylation sites (N-methyl/N-ethyl adjacent to an activating group) is 2. The first-order chi connectivity index (χ1) is 30.0. The number of hydrogen-bond acceptors (Lipinski definition) is 12. The maximum absolute atomic E-state index is 11.6. The Morgan fingerprint density at radius 2 is 0.868 bits per heavy atom. The van der Waals surface area contributed by atoms with E-state index in [0.717, 1.165) is 38.8 Å². The first-order valence-electron chi connectivity index (χ1n) is 21.5. The van der Waals surface area contributed by atoms with Gasteiger partial charge in [0, 0.05) is 21.9 Å². The molecule has 0 amide bonds. The maximum Gasteiger partial charge on any atom is 0.344 e. The number of carbonyl (C=O) groups is 4. The molecule has 68 heavy (non-hydrogen) atoms. The van der Waals surface area contributed by atoms with Crippen LogP contribution in [0.15, 0.2) is 94.7 Å². The highest BCUT2D eigenvalue weighted by atomic mass is 32.2. The summed E-state index contributed by atoms with van der Waals surface area (Å²) in [6, 6.07) is 26.2. The third kappa shape index (κ3) is 22.2. The van der Waals surface area contributed by atoms with E-state index in [9.17, 15) is 19.2 Å². The van der Waals surface area contributed by atoms with E-state index in [1.54, 1.807) is 37.4 Å². The first kappa shape index (κ1) is 66.1. The van der Waals surface area contributed by atoms with Crippen molar-refractivity contribution in [2.45, 2.75) is 146 Å². The van der Waals surface area contributed by atoms with Crippen molar-refractivity contribution < 1.29 is 49.1 Å². The number of carboxylic acids is 2. The van der Waals surface area contributed by atoms with E-state index in [2.05, 4.69) is 60.9 Å². The summed E-state index contributed by atoms with van der Waals surface area (Å²) in [4.78, 5) is 46.4. The Labute approximate surface area is 433 Å². The fraction of sp³-hybridized carbons (Fsp3) is 0.451. The predicted molar refractivity (Wildman–Crippen MR) is 293 cm³/mol. The molecule has 380 valence electrons. The van der Waals surface area contributed by atoms with Crippen molar-refractivity contribution in [3.05, 3.63) is 107 Å². The molecule has 4 aromatic carbocycles. The molecule has 6 N–H and O–H groups in total. The molecule has 6 rings (SSSR count). The Bertz CT molecular complexity index is 2020. The summed E-state index contributed by atoms with van der Waals surface area (Å²) in [7, 11) is 0. The molecule has 0 radical (unpaired) electrons. The third-order valence-corrected chi connectivity index (χ3v) is 13.2. The third-order valence-electron chi connectivity index (χ3n) is 10.6. The molecule has 0 saturated carbocycles. The highest BCUT2D eigenvalue weighted by molar-refractivity contribution is 8.01. The molecular weight excluding hydrogens is 961 g/mol. The quantitative estimate of drug-likeness (QED) is 0.0581. The summed E-state index contributed by atoms with van der Waals surface area (Å²) in [5.41, 5.74) is 5.79. The SMILES string of the molecule is C.CCNC1Cc2ccc(SC(C)(C)C(C)=O)cc2C1.CCN[C@H]1Cc2ccc(SC(C)(C)C(C)=O)cc2C1.C[C@H](Oc1ccc(O)cc1)C(=O)O.C[C@H](Oc1ccc(O)cc1)C(=O)O.S.S.S. The van der Waals surface area contributed by atoms with Crippen LogP contribution in [0.1, 0.15) is 98.9 Å². The van der Waals surface area contributed by atoms with Crippen LogP contribution in [0, 0.1) is 0 Å². The minimum absolute atomic E-state index is 0. The lowest BCUT2D eigenvalue weighted by Crippen LogP contribution is -2.28. The number of benzene rings is 4. The van der Waals surface area contributed by atoms with Gasteiger partial charge in [0.25, 0.3) is 0 Å². The van der Waals surface area contributed by atoms with Crippen LogP contribution in [-0.2, 0) is 44.9 Å². The topological polar surface area (TPSA) is 192 Å². The molecule has 4 aromatic rings. The second-order valence-corrected chi connectivity index (χ2v) is 20.1. The van der Waals surface area contributed by atoms with Crippen molar-refractivity contribution in [1.82, 2.24) is 10.6 Å².